The van der Waals surface area contributed by atoms with E-state index in [9.17, 15) is 8.78 Å². The number of nitrogens with zero attached hydrogens (tertiary/aromatic N) is 2. The fraction of sp³-hybridized carbons (Fsp3) is 0.368. The Morgan fingerprint density at radius 3 is 1.65 bits per heavy atom. The zero-order valence-corrected chi connectivity index (χ0v) is 13.1. The van der Waals surface area contributed by atoms with E-state index in [1.807, 2.05) is 12.1 Å². The minimum absolute atomic E-state index is 0.159. The quantitative estimate of drug-likeness (QED) is 0.839. The van der Waals surface area contributed by atoms with Crippen molar-refractivity contribution in [3.63, 3.8) is 0 Å². The van der Waals surface area contributed by atoms with Gasteiger partial charge < -0.3 is 0 Å². The Morgan fingerprint density at radius 2 is 1.17 bits per heavy atom. The molecule has 2 aromatic carbocycles. The van der Waals surface area contributed by atoms with Crippen LogP contribution in [-0.4, -0.2) is 29.6 Å². The number of halogens is 2. The molecular weight excluding hydrogens is 294 g/mol. The Hall–Kier alpha value is -1.78. The van der Waals surface area contributed by atoms with Crippen LogP contribution in [0, 0.1) is 11.6 Å². The average molecular weight is 314 g/mol. The van der Waals surface area contributed by atoms with Crippen molar-refractivity contribution in [3.8, 4) is 0 Å². The summed E-state index contributed by atoms with van der Waals surface area (Å²) >= 11 is 0. The Morgan fingerprint density at radius 1 is 0.696 bits per heavy atom. The molecule has 2 aliphatic rings. The molecular formula is C19H20F2N2. The van der Waals surface area contributed by atoms with Crippen molar-refractivity contribution in [2.45, 2.75) is 25.9 Å². The summed E-state index contributed by atoms with van der Waals surface area (Å²) in [6.07, 6.45) is 1.93. The standard InChI is InChI=1S/C19H20F2N2/c20-18-3-1-14-5-7-22(11-16(14)9-18)13-23-8-6-15-2-4-19(21)10-17(15)12-23/h1-4,9-10H,5-8,11-13H2. The number of hydrogen-bond donors (Lipinski definition) is 0. The third-order valence-electron chi connectivity index (χ3n) is 4.92. The molecule has 4 heteroatoms. The minimum Gasteiger partial charge on any atom is -0.286 e. The lowest BCUT2D eigenvalue weighted by Crippen LogP contribution is -2.42. The van der Waals surface area contributed by atoms with Crippen molar-refractivity contribution >= 4 is 0 Å². The second-order valence-corrected chi connectivity index (χ2v) is 6.57. The minimum atomic E-state index is -0.159. The molecule has 0 atom stereocenters. The van der Waals surface area contributed by atoms with Gasteiger partial charge in [0.05, 0.1) is 6.67 Å². The van der Waals surface area contributed by atoms with E-state index < -0.39 is 0 Å². The summed E-state index contributed by atoms with van der Waals surface area (Å²) in [4.78, 5) is 4.71. The summed E-state index contributed by atoms with van der Waals surface area (Å²) in [5.74, 6) is -0.319. The average Bonchev–Trinajstić information content (AvgIpc) is 2.54. The third-order valence-corrected chi connectivity index (χ3v) is 4.92. The number of benzene rings is 2. The molecule has 2 aliphatic heterocycles. The van der Waals surface area contributed by atoms with Gasteiger partial charge in [0, 0.05) is 26.2 Å². The molecule has 0 saturated carbocycles. The highest BCUT2D eigenvalue weighted by Crippen LogP contribution is 2.23. The lowest BCUT2D eigenvalue weighted by atomic mass is 9.99. The van der Waals surface area contributed by atoms with Crippen LogP contribution in [0.5, 0.6) is 0 Å². The maximum absolute atomic E-state index is 13.4. The van der Waals surface area contributed by atoms with Gasteiger partial charge in [-0.25, -0.2) is 8.78 Å². The summed E-state index contributed by atoms with van der Waals surface area (Å²) in [7, 11) is 0. The normalized spacial score (nSPS) is 18.5. The summed E-state index contributed by atoms with van der Waals surface area (Å²) < 4.78 is 26.8. The first-order valence-corrected chi connectivity index (χ1v) is 8.17. The highest BCUT2D eigenvalue weighted by molar-refractivity contribution is 5.31. The van der Waals surface area contributed by atoms with Gasteiger partial charge in [-0.1, -0.05) is 12.1 Å². The van der Waals surface area contributed by atoms with Crippen molar-refractivity contribution in [1.29, 1.82) is 0 Å². The Kier molecular flexibility index (Phi) is 3.87. The lowest BCUT2D eigenvalue weighted by Gasteiger charge is -2.36. The molecule has 0 spiro atoms. The van der Waals surface area contributed by atoms with Crippen LogP contribution in [-0.2, 0) is 25.9 Å². The summed E-state index contributed by atoms with van der Waals surface area (Å²) in [5, 5.41) is 0. The highest BCUT2D eigenvalue weighted by atomic mass is 19.1. The Labute approximate surface area is 135 Å². The first-order chi connectivity index (χ1) is 11.2. The molecule has 2 nitrogen and oxygen atoms in total. The number of fused-ring (bicyclic) bond motifs is 2. The zero-order valence-electron chi connectivity index (χ0n) is 13.1. The van der Waals surface area contributed by atoms with Crippen LogP contribution in [0.3, 0.4) is 0 Å². The molecule has 120 valence electrons. The van der Waals surface area contributed by atoms with Crippen LogP contribution in [0.1, 0.15) is 22.3 Å². The van der Waals surface area contributed by atoms with Gasteiger partial charge in [-0.15, -0.1) is 0 Å². The number of hydrogen-bond acceptors (Lipinski definition) is 2. The predicted molar refractivity (Wildman–Crippen MR) is 85.9 cm³/mol. The summed E-state index contributed by atoms with van der Waals surface area (Å²) in [6.45, 7) is 4.42. The van der Waals surface area contributed by atoms with Gasteiger partial charge in [0.25, 0.3) is 0 Å². The Balaban J connectivity index is 1.44. The van der Waals surface area contributed by atoms with Gasteiger partial charge in [-0.05, 0) is 59.4 Å². The number of rotatable bonds is 2. The smallest absolute Gasteiger partial charge is 0.123 e. The van der Waals surface area contributed by atoms with E-state index in [2.05, 4.69) is 9.80 Å². The first kappa shape index (κ1) is 14.8. The van der Waals surface area contributed by atoms with Gasteiger partial charge in [0.15, 0.2) is 0 Å². The van der Waals surface area contributed by atoms with E-state index in [4.69, 9.17) is 0 Å². The largest absolute Gasteiger partial charge is 0.286 e. The van der Waals surface area contributed by atoms with Crippen LogP contribution in [0.4, 0.5) is 8.78 Å². The van der Waals surface area contributed by atoms with Crippen LogP contribution in [0.25, 0.3) is 0 Å². The topological polar surface area (TPSA) is 6.48 Å². The fourth-order valence-electron chi connectivity index (χ4n) is 3.69. The van der Waals surface area contributed by atoms with Crippen molar-refractivity contribution in [3.05, 3.63) is 70.3 Å². The molecule has 0 amide bonds. The van der Waals surface area contributed by atoms with E-state index in [0.29, 0.717) is 0 Å². The molecule has 0 saturated heterocycles. The highest BCUT2D eigenvalue weighted by Gasteiger charge is 2.22. The van der Waals surface area contributed by atoms with Crippen molar-refractivity contribution in [2.75, 3.05) is 19.8 Å². The van der Waals surface area contributed by atoms with Gasteiger partial charge >= 0.3 is 0 Å². The summed E-state index contributed by atoms with van der Waals surface area (Å²) in [6, 6.07) is 10.2. The molecule has 0 N–H and O–H groups in total. The van der Waals surface area contributed by atoms with E-state index in [1.165, 1.54) is 11.1 Å². The third kappa shape index (κ3) is 3.14. The molecule has 0 aromatic heterocycles. The van der Waals surface area contributed by atoms with Gasteiger partial charge in [0.1, 0.15) is 11.6 Å². The van der Waals surface area contributed by atoms with Crippen molar-refractivity contribution in [2.24, 2.45) is 0 Å². The van der Waals surface area contributed by atoms with Crippen LogP contribution in [0.2, 0.25) is 0 Å². The molecule has 0 radical (unpaired) electrons. The second kappa shape index (κ2) is 6.02. The molecule has 2 heterocycles. The molecule has 2 aromatic rings. The van der Waals surface area contributed by atoms with Crippen LogP contribution < -0.4 is 0 Å². The van der Waals surface area contributed by atoms with Gasteiger partial charge in [0.2, 0.25) is 0 Å². The van der Waals surface area contributed by atoms with E-state index in [0.717, 1.165) is 56.8 Å². The Bertz CT molecular complexity index is 668. The zero-order chi connectivity index (χ0) is 15.8. The maximum atomic E-state index is 13.4. The molecule has 0 fully saturated rings. The first-order valence-electron chi connectivity index (χ1n) is 8.17. The van der Waals surface area contributed by atoms with E-state index >= 15 is 0 Å². The fourth-order valence-corrected chi connectivity index (χ4v) is 3.69. The van der Waals surface area contributed by atoms with E-state index in [1.54, 1.807) is 24.3 Å². The monoisotopic (exact) mass is 314 g/mol. The van der Waals surface area contributed by atoms with Crippen molar-refractivity contribution in [1.82, 2.24) is 9.80 Å². The molecule has 0 unspecified atom stereocenters. The van der Waals surface area contributed by atoms with Gasteiger partial charge in [-0.2, -0.15) is 0 Å². The van der Waals surface area contributed by atoms with Crippen LogP contribution in [0.15, 0.2) is 36.4 Å². The van der Waals surface area contributed by atoms with Crippen molar-refractivity contribution < 1.29 is 8.78 Å². The van der Waals surface area contributed by atoms with E-state index in [-0.39, 0.29) is 11.6 Å². The SMILES string of the molecule is Fc1ccc2c(c1)CN(CN1CCc3ccc(F)cc3C1)CC2. The predicted octanol–water partition coefficient (Wildman–Crippen LogP) is 3.34. The lowest BCUT2D eigenvalue weighted by molar-refractivity contribution is 0.109. The second-order valence-electron chi connectivity index (χ2n) is 6.57. The van der Waals surface area contributed by atoms with Gasteiger partial charge in [-0.3, -0.25) is 9.80 Å². The molecule has 23 heavy (non-hydrogen) atoms. The van der Waals surface area contributed by atoms with Crippen LogP contribution >= 0.6 is 0 Å². The molecule has 0 aliphatic carbocycles. The molecule has 0 bridgehead atoms. The summed E-state index contributed by atoms with van der Waals surface area (Å²) in [5.41, 5.74) is 4.71. The molecule has 4 rings (SSSR count). The maximum Gasteiger partial charge on any atom is 0.123 e.